The minimum absolute atomic E-state index is 0.113. The highest BCUT2D eigenvalue weighted by atomic mass is 32.1. The minimum atomic E-state index is -2.16. The second-order valence-corrected chi connectivity index (χ2v) is 14.3. The van der Waals surface area contributed by atoms with Crippen molar-refractivity contribution >= 4 is 37.6 Å². The first-order chi connectivity index (χ1) is 12.0. The Morgan fingerprint density at radius 1 is 1.08 bits per heavy atom. The summed E-state index contributed by atoms with van der Waals surface area (Å²) >= 11 is 4.82. The Balaban J connectivity index is 3.04. The van der Waals surface area contributed by atoms with Gasteiger partial charge >= 0.3 is 0 Å². The standard InChI is InChI=1S/C20H37NO3SSi/c1-15(2)26(16(3)4,17(5)6)24-20(18(7)22)10-12-21(13-11-20)19(23)9-8-14-25/h14-17H,8-13H2,1-7H3. The molecule has 0 aromatic heterocycles. The molecule has 0 N–H and O–H groups in total. The van der Waals surface area contributed by atoms with Gasteiger partial charge in [-0.25, -0.2) is 0 Å². The van der Waals surface area contributed by atoms with Crippen molar-refractivity contribution < 1.29 is 14.0 Å². The van der Waals surface area contributed by atoms with E-state index in [0.29, 0.717) is 55.4 Å². The number of nitrogens with zero attached hydrogens (tertiary/aromatic N) is 1. The van der Waals surface area contributed by atoms with Crippen LogP contribution in [-0.4, -0.2) is 49.0 Å². The molecular formula is C20H37NO3SSi. The molecule has 26 heavy (non-hydrogen) atoms. The molecule has 0 bridgehead atoms. The first-order valence-corrected chi connectivity index (χ1v) is 12.6. The van der Waals surface area contributed by atoms with Gasteiger partial charge in [0.25, 0.3) is 0 Å². The fourth-order valence-corrected chi connectivity index (χ4v) is 10.5. The van der Waals surface area contributed by atoms with E-state index >= 15 is 0 Å². The van der Waals surface area contributed by atoms with Crippen LogP contribution in [0.4, 0.5) is 0 Å². The molecule has 4 nitrogen and oxygen atoms in total. The Morgan fingerprint density at radius 2 is 1.54 bits per heavy atom. The first-order valence-electron chi connectivity index (χ1n) is 9.96. The summed E-state index contributed by atoms with van der Waals surface area (Å²) in [6.45, 7) is 16.3. The number of likely N-dealkylation sites (tertiary alicyclic amines) is 1. The molecule has 1 saturated heterocycles. The van der Waals surface area contributed by atoms with Gasteiger partial charge in [-0.1, -0.05) is 53.8 Å². The molecule has 0 saturated carbocycles. The van der Waals surface area contributed by atoms with E-state index in [1.54, 1.807) is 12.3 Å². The lowest BCUT2D eigenvalue weighted by molar-refractivity contribution is -0.144. The van der Waals surface area contributed by atoms with Gasteiger partial charge in [0.05, 0.1) is 0 Å². The van der Waals surface area contributed by atoms with Crippen LogP contribution in [0.2, 0.25) is 16.6 Å². The van der Waals surface area contributed by atoms with Gasteiger partial charge in [0, 0.05) is 32.4 Å². The maximum absolute atomic E-state index is 12.7. The number of rotatable bonds is 9. The van der Waals surface area contributed by atoms with E-state index < -0.39 is 13.9 Å². The van der Waals surface area contributed by atoms with Crippen LogP contribution in [0.1, 0.15) is 74.1 Å². The zero-order valence-corrected chi connectivity index (χ0v) is 19.4. The van der Waals surface area contributed by atoms with Gasteiger partial charge < -0.3 is 9.33 Å². The summed E-state index contributed by atoms with van der Waals surface area (Å²) < 4.78 is 6.95. The van der Waals surface area contributed by atoms with Gasteiger partial charge in [-0.15, -0.1) is 0 Å². The average Bonchev–Trinajstić information content (AvgIpc) is 2.56. The smallest absolute Gasteiger partial charge is 0.222 e. The van der Waals surface area contributed by atoms with Gasteiger partial charge in [0.2, 0.25) is 14.2 Å². The Labute approximate surface area is 166 Å². The maximum Gasteiger partial charge on any atom is 0.222 e. The number of carbonyl (C=O) groups excluding carboxylic acids is 2. The van der Waals surface area contributed by atoms with Crippen LogP contribution in [0.15, 0.2) is 0 Å². The second kappa shape index (κ2) is 9.56. The lowest BCUT2D eigenvalue weighted by atomic mass is 9.88. The van der Waals surface area contributed by atoms with Crippen molar-refractivity contribution in [3.63, 3.8) is 0 Å². The molecule has 0 aromatic rings. The zero-order valence-electron chi connectivity index (χ0n) is 17.6. The number of hydrogen-bond donors (Lipinski definition) is 0. The van der Waals surface area contributed by atoms with Crippen molar-refractivity contribution in [3.8, 4) is 0 Å². The number of carbonyl (C=O) groups is 2. The third kappa shape index (κ3) is 4.81. The Morgan fingerprint density at radius 3 is 1.88 bits per heavy atom. The van der Waals surface area contributed by atoms with Crippen LogP contribution < -0.4 is 0 Å². The number of Topliss-reactive ketones (excluding diaryl/α,β-unsaturated/α-hetero) is 1. The molecule has 1 rings (SSSR count). The van der Waals surface area contributed by atoms with Crippen LogP contribution in [0.5, 0.6) is 0 Å². The minimum Gasteiger partial charge on any atom is -0.403 e. The van der Waals surface area contributed by atoms with Gasteiger partial charge in [-0.3, -0.25) is 9.59 Å². The fraction of sp³-hybridized carbons (Fsp3) is 0.850. The van der Waals surface area contributed by atoms with E-state index in [9.17, 15) is 9.59 Å². The zero-order chi connectivity index (χ0) is 20.1. The van der Waals surface area contributed by atoms with E-state index in [4.69, 9.17) is 16.6 Å². The lowest BCUT2D eigenvalue weighted by Gasteiger charge is -2.51. The molecule has 1 fully saturated rings. The molecule has 0 spiro atoms. The molecule has 1 aliphatic rings. The lowest BCUT2D eigenvalue weighted by Crippen LogP contribution is -2.60. The molecule has 1 amide bonds. The summed E-state index contributed by atoms with van der Waals surface area (Å²) in [5, 5.41) is 1.61. The SMILES string of the molecule is CC(=O)C1(O[Si](C(C)C)(C(C)C)C(C)C)CCN(C(=O)CCC=S)CC1. The van der Waals surface area contributed by atoms with Crippen LogP contribution in [0, 0.1) is 0 Å². The van der Waals surface area contributed by atoms with Crippen molar-refractivity contribution in [2.75, 3.05) is 13.1 Å². The molecule has 1 aliphatic heterocycles. The van der Waals surface area contributed by atoms with Crippen LogP contribution in [0.25, 0.3) is 0 Å². The number of amides is 1. The van der Waals surface area contributed by atoms with E-state index in [1.165, 1.54) is 0 Å². The van der Waals surface area contributed by atoms with Gasteiger partial charge in [0.1, 0.15) is 5.60 Å². The van der Waals surface area contributed by atoms with Gasteiger partial charge in [-0.2, -0.15) is 0 Å². The predicted molar refractivity (Wildman–Crippen MR) is 114 cm³/mol. The van der Waals surface area contributed by atoms with E-state index in [-0.39, 0.29) is 11.7 Å². The predicted octanol–water partition coefficient (Wildman–Crippen LogP) is 4.91. The van der Waals surface area contributed by atoms with Crippen molar-refractivity contribution in [3.05, 3.63) is 0 Å². The Kier molecular flexibility index (Phi) is 8.62. The first kappa shape index (κ1) is 23.4. The summed E-state index contributed by atoms with van der Waals surface area (Å²) in [4.78, 5) is 26.8. The van der Waals surface area contributed by atoms with Crippen molar-refractivity contribution in [1.82, 2.24) is 4.90 Å². The molecule has 0 aromatic carbocycles. The molecule has 0 aliphatic carbocycles. The second-order valence-electron chi connectivity index (χ2n) is 8.56. The number of hydrogen-bond acceptors (Lipinski definition) is 4. The third-order valence-electron chi connectivity index (χ3n) is 6.12. The van der Waals surface area contributed by atoms with E-state index in [1.807, 2.05) is 4.90 Å². The quantitative estimate of drug-likeness (QED) is 0.408. The molecule has 6 heteroatoms. The Bertz CT molecular complexity index is 489. The molecule has 1 heterocycles. The normalized spacial score (nSPS) is 17.8. The summed E-state index contributed by atoms with van der Waals surface area (Å²) in [6, 6.07) is 0. The van der Waals surface area contributed by atoms with Crippen LogP contribution in [-0.2, 0) is 14.0 Å². The van der Waals surface area contributed by atoms with Crippen molar-refractivity contribution in [2.45, 2.75) is 96.4 Å². The van der Waals surface area contributed by atoms with Crippen molar-refractivity contribution in [1.29, 1.82) is 0 Å². The van der Waals surface area contributed by atoms with Crippen molar-refractivity contribution in [2.24, 2.45) is 0 Å². The van der Waals surface area contributed by atoms with Gasteiger partial charge in [0.15, 0.2) is 5.78 Å². The third-order valence-corrected chi connectivity index (χ3v) is 12.5. The summed E-state index contributed by atoms with van der Waals surface area (Å²) in [6.07, 6.45) is 2.29. The molecular weight excluding hydrogens is 362 g/mol. The highest BCUT2D eigenvalue weighted by Crippen LogP contribution is 2.46. The van der Waals surface area contributed by atoms with E-state index in [0.717, 1.165) is 0 Å². The molecule has 0 radical (unpaired) electrons. The van der Waals surface area contributed by atoms with E-state index in [2.05, 4.69) is 41.5 Å². The molecule has 150 valence electrons. The van der Waals surface area contributed by atoms with Gasteiger partial charge in [-0.05, 0) is 35.3 Å². The van der Waals surface area contributed by atoms with Crippen LogP contribution in [0.3, 0.4) is 0 Å². The highest BCUT2D eigenvalue weighted by Gasteiger charge is 2.53. The number of ketones is 1. The monoisotopic (exact) mass is 399 g/mol. The number of thiocarbonyl (C=S) groups is 1. The molecule has 0 unspecified atom stereocenters. The van der Waals surface area contributed by atoms with Crippen LogP contribution >= 0.6 is 12.2 Å². The highest BCUT2D eigenvalue weighted by molar-refractivity contribution is 7.78. The number of piperidine rings is 1. The maximum atomic E-state index is 12.7. The summed E-state index contributed by atoms with van der Waals surface area (Å²) in [7, 11) is -2.16. The molecule has 0 atom stereocenters. The topological polar surface area (TPSA) is 46.6 Å². The fourth-order valence-electron chi connectivity index (χ4n) is 4.68. The average molecular weight is 400 g/mol. The summed E-state index contributed by atoms with van der Waals surface area (Å²) in [5.41, 5.74) is 0.564. The Hall–Kier alpha value is -0.593. The summed E-state index contributed by atoms with van der Waals surface area (Å²) in [5.74, 6) is 0.241. The largest absolute Gasteiger partial charge is 0.403 e.